The molecule has 3 heterocycles. The van der Waals surface area contributed by atoms with E-state index in [0.717, 1.165) is 67.8 Å². The fraction of sp³-hybridized carbons (Fsp3) is 0.450. The Kier molecular flexibility index (Phi) is 5.68. The smallest absolute Gasteiger partial charge is 0.335 e. The second-order valence-corrected chi connectivity index (χ2v) is 8.16. The van der Waals surface area contributed by atoms with Crippen molar-refractivity contribution in [3.8, 4) is 0 Å². The molecule has 0 spiro atoms. The van der Waals surface area contributed by atoms with Crippen molar-refractivity contribution in [2.75, 3.05) is 42.1 Å². The number of thioether (sulfide) groups is 1. The standard InChI is InChI=1S/C20H25N5O2S/c1-2-8-22-18-17-15(7-11-28-17)23-20(24-18)25-10-9-21-16(12-25)13-3-5-14(6-4-13)19(26)27/h3-6,16,21H,2,7-12H2,1H3,(H,26,27)(H,22,23,24). The van der Waals surface area contributed by atoms with Gasteiger partial charge in [-0.15, -0.1) is 11.8 Å². The third-order valence-corrected chi connectivity index (χ3v) is 6.20. The Morgan fingerprint density at radius 2 is 2.18 bits per heavy atom. The number of rotatable bonds is 6. The summed E-state index contributed by atoms with van der Waals surface area (Å²) < 4.78 is 0. The monoisotopic (exact) mass is 399 g/mol. The number of anilines is 2. The Balaban J connectivity index is 1.55. The van der Waals surface area contributed by atoms with Crippen LogP contribution in [0, 0.1) is 0 Å². The number of aromatic nitrogens is 2. The van der Waals surface area contributed by atoms with E-state index in [1.807, 2.05) is 23.9 Å². The van der Waals surface area contributed by atoms with E-state index in [2.05, 4.69) is 22.5 Å². The van der Waals surface area contributed by atoms with Gasteiger partial charge in [0.2, 0.25) is 5.95 Å². The van der Waals surface area contributed by atoms with Gasteiger partial charge in [0.25, 0.3) is 0 Å². The van der Waals surface area contributed by atoms with E-state index >= 15 is 0 Å². The summed E-state index contributed by atoms with van der Waals surface area (Å²) in [6, 6.07) is 7.22. The van der Waals surface area contributed by atoms with Crippen molar-refractivity contribution in [1.82, 2.24) is 15.3 Å². The van der Waals surface area contributed by atoms with Gasteiger partial charge in [-0.1, -0.05) is 19.1 Å². The van der Waals surface area contributed by atoms with Crippen LogP contribution in [0.2, 0.25) is 0 Å². The number of nitrogens with zero attached hydrogens (tertiary/aromatic N) is 3. The van der Waals surface area contributed by atoms with Crippen LogP contribution >= 0.6 is 11.8 Å². The van der Waals surface area contributed by atoms with Gasteiger partial charge >= 0.3 is 5.97 Å². The Bertz CT molecular complexity index is 858. The number of hydrogen-bond acceptors (Lipinski definition) is 7. The molecule has 4 rings (SSSR count). The van der Waals surface area contributed by atoms with E-state index in [1.54, 1.807) is 12.1 Å². The van der Waals surface area contributed by atoms with E-state index in [0.29, 0.717) is 5.56 Å². The number of piperazine rings is 1. The van der Waals surface area contributed by atoms with Crippen molar-refractivity contribution >= 4 is 29.5 Å². The molecule has 7 nitrogen and oxygen atoms in total. The van der Waals surface area contributed by atoms with E-state index in [1.165, 1.54) is 4.90 Å². The molecule has 1 saturated heterocycles. The van der Waals surface area contributed by atoms with Crippen molar-refractivity contribution in [2.45, 2.75) is 30.7 Å². The normalized spacial score (nSPS) is 18.8. The number of hydrogen-bond donors (Lipinski definition) is 3. The highest BCUT2D eigenvalue weighted by Gasteiger charge is 2.26. The summed E-state index contributed by atoms with van der Waals surface area (Å²) in [4.78, 5) is 24.2. The zero-order valence-corrected chi connectivity index (χ0v) is 16.8. The lowest BCUT2D eigenvalue weighted by molar-refractivity contribution is 0.0697. The lowest BCUT2D eigenvalue weighted by atomic mass is 10.0. The first kappa shape index (κ1) is 19.0. The largest absolute Gasteiger partial charge is 0.478 e. The highest BCUT2D eigenvalue weighted by molar-refractivity contribution is 7.99. The van der Waals surface area contributed by atoms with Gasteiger partial charge in [-0.05, 0) is 24.1 Å². The zero-order valence-electron chi connectivity index (χ0n) is 15.9. The summed E-state index contributed by atoms with van der Waals surface area (Å²) in [5.74, 6) is 1.91. The molecule has 2 aliphatic heterocycles. The summed E-state index contributed by atoms with van der Waals surface area (Å²) in [6.07, 6.45) is 2.04. The average molecular weight is 400 g/mol. The summed E-state index contributed by atoms with van der Waals surface area (Å²) in [6.45, 7) is 5.50. The van der Waals surface area contributed by atoms with Gasteiger partial charge in [-0.2, -0.15) is 4.98 Å². The van der Waals surface area contributed by atoms with Gasteiger partial charge in [-0.3, -0.25) is 0 Å². The molecule has 28 heavy (non-hydrogen) atoms. The fourth-order valence-corrected chi connectivity index (χ4v) is 4.64. The molecule has 0 radical (unpaired) electrons. The Morgan fingerprint density at radius 1 is 1.36 bits per heavy atom. The molecule has 1 atom stereocenters. The second kappa shape index (κ2) is 8.36. The minimum Gasteiger partial charge on any atom is -0.478 e. The second-order valence-electron chi connectivity index (χ2n) is 7.05. The van der Waals surface area contributed by atoms with Crippen LogP contribution in [0.5, 0.6) is 0 Å². The maximum atomic E-state index is 11.1. The van der Waals surface area contributed by atoms with Gasteiger partial charge in [0, 0.05) is 44.4 Å². The number of aromatic carboxylic acids is 1. The van der Waals surface area contributed by atoms with Crippen LogP contribution in [-0.4, -0.2) is 53.0 Å². The first-order valence-corrected chi connectivity index (χ1v) is 10.7. The van der Waals surface area contributed by atoms with Crippen molar-refractivity contribution < 1.29 is 9.90 Å². The molecule has 2 aromatic rings. The molecule has 8 heteroatoms. The summed E-state index contributed by atoms with van der Waals surface area (Å²) in [7, 11) is 0. The van der Waals surface area contributed by atoms with E-state index in [-0.39, 0.29) is 6.04 Å². The predicted molar refractivity (Wildman–Crippen MR) is 112 cm³/mol. The number of nitrogens with one attached hydrogen (secondary N) is 2. The van der Waals surface area contributed by atoms with Crippen LogP contribution in [-0.2, 0) is 6.42 Å². The van der Waals surface area contributed by atoms with E-state index < -0.39 is 5.97 Å². The van der Waals surface area contributed by atoms with Gasteiger partial charge in [0.1, 0.15) is 5.82 Å². The first-order chi connectivity index (χ1) is 13.7. The molecule has 0 aliphatic carbocycles. The fourth-order valence-electron chi connectivity index (χ4n) is 3.57. The molecular formula is C20H25N5O2S. The minimum atomic E-state index is -0.902. The van der Waals surface area contributed by atoms with E-state index in [9.17, 15) is 4.79 Å². The molecule has 1 unspecified atom stereocenters. The van der Waals surface area contributed by atoms with Crippen molar-refractivity contribution in [2.24, 2.45) is 0 Å². The van der Waals surface area contributed by atoms with Crippen molar-refractivity contribution in [3.63, 3.8) is 0 Å². The Hall–Kier alpha value is -2.32. The molecule has 3 N–H and O–H groups in total. The van der Waals surface area contributed by atoms with E-state index in [4.69, 9.17) is 15.1 Å². The van der Waals surface area contributed by atoms with Crippen molar-refractivity contribution in [1.29, 1.82) is 0 Å². The molecule has 2 aliphatic rings. The number of fused-ring (bicyclic) bond motifs is 1. The van der Waals surface area contributed by atoms with Gasteiger partial charge in [-0.25, -0.2) is 9.78 Å². The lowest BCUT2D eigenvalue weighted by Gasteiger charge is -2.34. The number of aryl methyl sites for hydroxylation is 1. The Morgan fingerprint density at radius 3 is 2.93 bits per heavy atom. The highest BCUT2D eigenvalue weighted by Crippen LogP contribution is 2.37. The SMILES string of the molecule is CCCNc1nc(N2CCNC(c3ccc(C(=O)O)cc3)C2)nc2c1SCC2. The Labute approximate surface area is 169 Å². The number of benzene rings is 1. The van der Waals surface area contributed by atoms with Gasteiger partial charge in [0.05, 0.1) is 16.2 Å². The van der Waals surface area contributed by atoms with Gasteiger partial charge in [0.15, 0.2) is 0 Å². The van der Waals surface area contributed by atoms with Crippen LogP contribution < -0.4 is 15.5 Å². The molecule has 1 aromatic carbocycles. The van der Waals surface area contributed by atoms with Gasteiger partial charge < -0.3 is 20.6 Å². The molecule has 0 saturated carbocycles. The van der Waals surface area contributed by atoms with Crippen LogP contribution in [0.25, 0.3) is 0 Å². The summed E-state index contributed by atoms with van der Waals surface area (Å²) in [5.41, 5.74) is 2.53. The molecular weight excluding hydrogens is 374 g/mol. The number of carboxylic acid groups (broad SMARTS) is 1. The first-order valence-electron chi connectivity index (χ1n) is 9.75. The third kappa shape index (κ3) is 3.93. The van der Waals surface area contributed by atoms with Crippen LogP contribution in [0.4, 0.5) is 11.8 Å². The summed E-state index contributed by atoms with van der Waals surface area (Å²) >= 11 is 1.84. The predicted octanol–water partition coefficient (Wildman–Crippen LogP) is 2.80. The van der Waals surface area contributed by atoms with Crippen LogP contribution in [0.15, 0.2) is 29.2 Å². The number of carbonyl (C=O) groups is 1. The summed E-state index contributed by atoms with van der Waals surface area (Å²) in [5, 5.41) is 16.1. The highest BCUT2D eigenvalue weighted by atomic mass is 32.2. The average Bonchev–Trinajstić information content (AvgIpc) is 3.21. The van der Waals surface area contributed by atoms with Crippen molar-refractivity contribution in [3.05, 3.63) is 41.1 Å². The van der Waals surface area contributed by atoms with Crippen LogP contribution in [0.1, 0.15) is 41.0 Å². The van der Waals surface area contributed by atoms with Crippen LogP contribution in [0.3, 0.4) is 0 Å². The third-order valence-electron chi connectivity index (χ3n) is 5.07. The molecule has 0 bridgehead atoms. The number of carboxylic acids is 1. The lowest BCUT2D eigenvalue weighted by Crippen LogP contribution is -2.46. The maximum absolute atomic E-state index is 11.1. The quantitative estimate of drug-likeness (QED) is 0.683. The topological polar surface area (TPSA) is 90.4 Å². The minimum absolute atomic E-state index is 0.120. The molecule has 1 aromatic heterocycles. The molecule has 0 amide bonds. The zero-order chi connectivity index (χ0) is 19.5. The molecule has 148 valence electrons. The maximum Gasteiger partial charge on any atom is 0.335 e. The molecule has 1 fully saturated rings.